The SMILES string of the molecule is Cc1nc(COc2ccccc2C(=O)Nc2ccc(Br)c(C)c2)cs1. The van der Waals surface area contributed by atoms with Crippen molar-refractivity contribution in [1.29, 1.82) is 0 Å². The van der Waals surface area contributed by atoms with Gasteiger partial charge in [0.15, 0.2) is 0 Å². The van der Waals surface area contributed by atoms with E-state index < -0.39 is 0 Å². The van der Waals surface area contributed by atoms with Gasteiger partial charge in [0.2, 0.25) is 0 Å². The number of carbonyl (C=O) groups excluding carboxylic acids is 1. The number of rotatable bonds is 5. The van der Waals surface area contributed by atoms with Crippen LogP contribution in [0.3, 0.4) is 0 Å². The number of para-hydroxylation sites is 1. The Kier molecular flexibility index (Phi) is 5.50. The Balaban J connectivity index is 1.74. The molecular weight excluding hydrogens is 400 g/mol. The average molecular weight is 417 g/mol. The highest BCUT2D eigenvalue weighted by atomic mass is 79.9. The number of benzene rings is 2. The van der Waals surface area contributed by atoms with Gasteiger partial charge in [0, 0.05) is 15.5 Å². The van der Waals surface area contributed by atoms with Gasteiger partial charge >= 0.3 is 0 Å². The third-order valence-corrected chi connectivity index (χ3v) is 5.30. The predicted octanol–water partition coefficient (Wildman–Crippen LogP) is 5.35. The first kappa shape index (κ1) is 17.6. The van der Waals surface area contributed by atoms with E-state index >= 15 is 0 Å². The van der Waals surface area contributed by atoms with Gasteiger partial charge in [0.05, 0.1) is 16.3 Å². The maximum Gasteiger partial charge on any atom is 0.259 e. The summed E-state index contributed by atoms with van der Waals surface area (Å²) in [6, 6.07) is 12.9. The lowest BCUT2D eigenvalue weighted by Crippen LogP contribution is -2.13. The highest BCUT2D eigenvalue weighted by Crippen LogP contribution is 2.23. The lowest BCUT2D eigenvalue weighted by atomic mass is 10.1. The number of hydrogen-bond donors (Lipinski definition) is 1. The summed E-state index contributed by atoms with van der Waals surface area (Å²) in [5.74, 6) is 0.339. The topological polar surface area (TPSA) is 51.2 Å². The van der Waals surface area contributed by atoms with E-state index in [1.54, 1.807) is 23.5 Å². The van der Waals surface area contributed by atoms with Crippen molar-refractivity contribution in [2.45, 2.75) is 20.5 Å². The number of aryl methyl sites for hydroxylation is 2. The van der Waals surface area contributed by atoms with Crippen molar-refractivity contribution in [3.8, 4) is 5.75 Å². The van der Waals surface area contributed by atoms with Crippen molar-refractivity contribution in [3.63, 3.8) is 0 Å². The third kappa shape index (κ3) is 4.46. The average Bonchev–Trinajstić information content (AvgIpc) is 3.02. The van der Waals surface area contributed by atoms with Gasteiger partial charge in [-0.1, -0.05) is 28.1 Å². The van der Waals surface area contributed by atoms with Gasteiger partial charge in [-0.15, -0.1) is 11.3 Å². The molecule has 2 aromatic carbocycles. The molecule has 0 unspecified atom stereocenters. The zero-order valence-electron chi connectivity index (χ0n) is 13.9. The smallest absolute Gasteiger partial charge is 0.259 e. The molecule has 0 bridgehead atoms. The molecule has 0 spiro atoms. The third-order valence-electron chi connectivity index (χ3n) is 3.59. The monoisotopic (exact) mass is 416 g/mol. The molecule has 0 radical (unpaired) electrons. The Bertz CT molecular complexity index is 908. The Hall–Kier alpha value is -2.18. The van der Waals surface area contributed by atoms with Crippen molar-refractivity contribution in [2.24, 2.45) is 0 Å². The maximum atomic E-state index is 12.6. The minimum Gasteiger partial charge on any atom is -0.486 e. The molecule has 1 aromatic heterocycles. The Morgan fingerprint density at radius 2 is 2.04 bits per heavy atom. The summed E-state index contributed by atoms with van der Waals surface area (Å²) < 4.78 is 6.82. The van der Waals surface area contributed by atoms with Crippen LogP contribution in [0.5, 0.6) is 5.75 Å². The number of halogens is 1. The number of anilines is 1. The van der Waals surface area contributed by atoms with E-state index in [9.17, 15) is 4.79 Å². The van der Waals surface area contributed by atoms with Crippen LogP contribution < -0.4 is 10.1 Å². The van der Waals surface area contributed by atoms with Crippen LogP contribution in [0.25, 0.3) is 0 Å². The predicted molar refractivity (Wildman–Crippen MR) is 104 cm³/mol. The Morgan fingerprint density at radius 3 is 2.76 bits per heavy atom. The number of hydrogen-bond acceptors (Lipinski definition) is 4. The molecule has 0 aliphatic carbocycles. The molecule has 1 amide bonds. The number of aromatic nitrogens is 1. The molecule has 0 saturated carbocycles. The summed E-state index contributed by atoms with van der Waals surface area (Å²) in [5, 5.41) is 5.87. The molecule has 0 aliphatic heterocycles. The number of nitrogens with zero attached hydrogens (tertiary/aromatic N) is 1. The second-order valence-corrected chi connectivity index (χ2v) is 7.48. The fourth-order valence-corrected chi connectivity index (χ4v) is 3.17. The largest absolute Gasteiger partial charge is 0.486 e. The summed E-state index contributed by atoms with van der Waals surface area (Å²) in [5.41, 5.74) is 3.16. The quantitative estimate of drug-likeness (QED) is 0.609. The second-order valence-electron chi connectivity index (χ2n) is 5.56. The van der Waals surface area contributed by atoms with Crippen LogP contribution in [0.1, 0.15) is 26.6 Å². The fraction of sp³-hybridized carbons (Fsp3) is 0.158. The van der Waals surface area contributed by atoms with E-state index in [-0.39, 0.29) is 5.91 Å². The van der Waals surface area contributed by atoms with Crippen LogP contribution in [0, 0.1) is 13.8 Å². The van der Waals surface area contributed by atoms with Gasteiger partial charge in [0.1, 0.15) is 12.4 Å². The number of thiazole rings is 1. The number of carbonyl (C=O) groups is 1. The minimum absolute atomic E-state index is 0.202. The molecule has 25 heavy (non-hydrogen) atoms. The molecule has 4 nitrogen and oxygen atoms in total. The second kappa shape index (κ2) is 7.80. The molecule has 0 saturated heterocycles. The summed E-state index contributed by atoms with van der Waals surface area (Å²) in [6.07, 6.45) is 0. The van der Waals surface area contributed by atoms with Crippen LogP contribution in [-0.2, 0) is 6.61 Å². The maximum absolute atomic E-state index is 12.6. The van der Waals surface area contributed by atoms with Gasteiger partial charge in [-0.05, 0) is 49.7 Å². The highest BCUT2D eigenvalue weighted by molar-refractivity contribution is 9.10. The van der Waals surface area contributed by atoms with Gasteiger partial charge in [-0.3, -0.25) is 4.79 Å². The van der Waals surface area contributed by atoms with Crippen LogP contribution in [0.2, 0.25) is 0 Å². The van der Waals surface area contributed by atoms with Crippen LogP contribution >= 0.6 is 27.3 Å². The van der Waals surface area contributed by atoms with Crippen molar-refractivity contribution < 1.29 is 9.53 Å². The number of nitrogens with one attached hydrogen (secondary N) is 1. The first-order valence-corrected chi connectivity index (χ1v) is 9.40. The van der Waals surface area contributed by atoms with Crippen molar-refractivity contribution in [2.75, 3.05) is 5.32 Å². The van der Waals surface area contributed by atoms with Gasteiger partial charge in [-0.2, -0.15) is 0 Å². The van der Waals surface area contributed by atoms with Crippen LogP contribution in [-0.4, -0.2) is 10.9 Å². The van der Waals surface area contributed by atoms with E-state index in [1.165, 1.54) is 0 Å². The zero-order chi connectivity index (χ0) is 17.8. The molecule has 1 N–H and O–H groups in total. The summed E-state index contributed by atoms with van der Waals surface area (Å²) in [7, 11) is 0. The van der Waals surface area contributed by atoms with Crippen molar-refractivity contribution >= 4 is 38.9 Å². The fourth-order valence-electron chi connectivity index (χ4n) is 2.33. The van der Waals surface area contributed by atoms with Crippen molar-refractivity contribution in [3.05, 3.63) is 74.1 Å². The van der Waals surface area contributed by atoms with Gasteiger partial charge < -0.3 is 10.1 Å². The van der Waals surface area contributed by atoms with E-state index in [0.717, 1.165) is 26.4 Å². The first-order chi connectivity index (χ1) is 12.0. The highest BCUT2D eigenvalue weighted by Gasteiger charge is 2.13. The summed E-state index contributed by atoms with van der Waals surface area (Å²) >= 11 is 5.04. The van der Waals surface area contributed by atoms with Gasteiger partial charge in [0.25, 0.3) is 5.91 Å². The molecule has 128 valence electrons. The molecule has 0 aliphatic rings. The van der Waals surface area contributed by atoms with Crippen molar-refractivity contribution in [1.82, 2.24) is 4.98 Å². The Morgan fingerprint density at radius 1 is 1.24 bits per heavy atom. The van der Waals surface area contributed by atoms with Crippen LogP contribution in [0.15, 0.2) is 52.3 Å². The van der Waals surface area contributed by atoms with E-state index in [2.05, 4.69) is 26.2 Å². The zero-order valence-corrected chi connectivity index (χ0v) is 16.3. The molecule has 1 heterocycles. The Labute approximate surface area is 159 Å². The summed E-state index contributed by atoms with van der Waals surface area (Å²) in [6.45, 7) is 4.27. The first-order valence-electron chi connectivity index (χ1n) is 7.73. The summed E-state index contributed by atoms with van der Waals surface area (Å²) in [4.78, 5) is 17.0. The number of ether oxygens (including phenoxy) is 1. The van der Waals surface area contributed by atoms with E-state index in [0.29, 0.717) is 17.9 Å². The standard InChI is InChI=1S/C19H17BrN2O2S/c1-12-9-14(7-8-17(12)20)22-19(23)16-5-3-4-6-18(16)24-10-15-11-25-13(2)21-15/h3-9,11H,10H2,1-2H3,(H,22,23). The molecule has 0 atom stereocenters. The van der Waals surface area contributed by atoms with E-state index in [1.807, 2.05) is 49.6 Å². The lowest BCUT2D eigenvalue weighted by Gasteiger charge is -2.11. The van der Waals surface area contributed by atoms with Gasteiger partial charge in [-0.25, -0.2) is 4.98 Å². The number of amides is 1. The normalized spacial score (nSPS) is 10.5. The lowest BCUT2D eigenvalue weighted by molar-refractivity contribution is 0.102. The minimum atomic E-state index is -0.202. The molecule has 3 rings (SSSR count). The molecule has 3 aromatic rings. The molecular formula is C19H17BrN2O2S. The van der Waals surface area contributed by atoms with E-state index in [4.69, 9.17) is 4.74 Å². The van der Waals surface area contributed by atoms with Crippen LogP contribution in [0.4, 0.5) is 5.69 Å². The molecule has 6 heteroatoms. The molecule has 0 fully saturated rings.